The second-order valence-corrected chi connectivity index (χ2v) is 5.14. The topological polar surface area (TPSA) is 83.9 Å². The molecule has 1 aromatic carbocycles. The Hall–Kier alpha value is -2.37. The highest BCUT2D eigenvalue weighted by atomic mass is 16.6. The van der Waals surface area contributed by atoms with Crippen molar-refractivity contribution in [3.63, 3.8) is 0 Å². The predicted octanol–water partition coefficient (Wildman–Crippen LogP) is 2.21. The van der Waals surface area contributed by atoms with Gasteiger partial charge >= 0.3 is 12.1 Å². The summed E-state index contributed by atoms with van der Waals surface area (Å²) in [5, 5.41) is 9.27. The molecule has 2 amide bonds. The van der Waals surface area contributed by atoms with Gasteiger partial charge in [0, 0.05) is 0 Å². The molecular weight excluding hydrogens is 262 g/mol. The summed E-state index contributed by atoms with van der Waals surface area (Å²) in [4.78, 5) is 34.9. The Morgan fingerprint density at radius 1 is 1.25 bits per heavy atom. The van der Waals surface area contributed by atoms with Gasteiger partial charge in [0.05, 0.1) is 0 Å². The number of carbonyl (C=O) groups excluding carboxylic acids is 2. The first-order chi connectivity index (χ1) is 9.26. The molecule has 1 N–H and O–H groups in total. The van der Waals surface area contributed by atoms with E-state index in [-0.39, 0.29) is 6.41 Å². The molecule has 1 atom stereocenters. The molecule has 20 heavy (non-hydrogen) atoms. The summed E-state index contributed by atoms with van der Waals surface area (Å²) in [6.07, 6.45) is -0.830. The van der Waals surface area contributed by atoms with Crippen molar-refractivity contribution in [3.05, 3.63) is 35.9 Å². The van der Waals surface area contributed by atoms with Gasteiger partial charge in [0.2, 0.25) is 6.41 Å². The minimum Gasteiger partial charge on any atom is -0.479 e. The Kier molecular flexibility index (Phi) is 4.85. The first kappa shape index (κ1) is 15.7. The summed E-state index contributed by atoms with van der Waals surface area (Å²) < 4.78 is 5.04. The van der Waals surface area contributed by atoms with Crippen LogP contribution in [-0.2, 0) is 14.3 Å². The van der Waals surface area contributed by atoms with Crippen LogP contribution in [0.3, 0.4) is 0 Å². The number of hydrogen-bond donors (Lipinski definition) is 1. The van der Waals surface area contributed by atoms with Crippen molar-refractivity contribution in [1.82, 2.24) is 4.90 Å². The van der Waals surface area contributed by atoms with Gasteiger partial charge < -0.3 is 9.84 Å². The fraction of sp³-hybridized carbons (Fsp3) is 0.357. The number of benzene rings is 1. The molecule has 0 heterocycles. The maximum Gasteiger partial charge on any atom is 0.417 e. The lowest BCUT2D eigenvalue weighted by Gasteiger charge is -2.27. The predicted molar refractivity (Wildman–Crippen MR) is 71.0 cm³/mol. The lowest BCUT2D eigenvalue weighted by Crippen LogP contribution is -2.41. The SMILES string of the molecule is CC(C)(C)OC(=O)N(C=O)[C@@H](C(=O)O)c1ccccc1. The van der Waals surface area contributed by atoms with E-state index in [2.05, 4.69) is 0 Å². The average molecular weight is 279 g/mol. The molecule has 6 heteroatoms. The largest absolute Gasteiger partial charge is 0.479 e. The first-order valence-corrected chi connectivity index (χ1v) is 6.00. The van der Waals surface area contributed by atoms with E-state index >= 15 is 0 Å². The van der Waals surface area contributed by atoms with Crippen LogP contribution in [0.4, 0.5) is 4.79 Å². The molecule has 0 fully saturated rings. The van der Waals surface area contributed by atoms with E-state index < -0.39 is 23.7 Å². The second kappa shape index (κ2) is 6.18. The number of carbonyl (C=O) groups is 3. The van der Waals surface area contributed by atoms with Crippen LogP contribution < -0.4 is 0 Å². The molecule has 0 aliphatic rings. The maximum absolute atomic E-state index is 11.9. The zero-order chi connectivity index (χ0) is 15.3. The lowest BCUT2D eigenvalue weighted by atomic mass is 10.1. The van der Waals surface area contributed by atoms with Crippen LogP contribution in [0.15, 0.2) is 30.3 Å². The Morgan fingerprint density at radius 2 is 1.80 bits per heavy atom. The smallest absolute Gasteiger partial charge is 0.417 e. The van der Waals surface area contributed by atoms with Crippen molar-refractivity contribution in [2.24, 2.45) is 0 Å². The minimum absolute atomic E-state index is 0.167. The third kappa shape index (κ3) is 4.08. The molecule has 0 aromatic heterocycles. The van der Waals surface area contributed by atoms with Crippen molar-refractivity contribution >= 4 is 18.5 Å². The molecule has 0 aliphatic carbocycles. The maximum atomic E-state index is 11.9. The highest BCUT2D eigenvalue weighted by Gasteiger charge is 2.34. The van der Waals surface area contributed by atoms with Crippen molar-refractivity contribution < 1.29 is 24.2 Å². The summed E-state index contributed by atoms with van der Waals surface area (Å²) in [5.41, 5.74) is -0.504. The summed E-state index contributed by atoms with van der Waals surface area (Å²) >= 11 is 0. The number of aliphatic carboxylic acids is 1. The lowest BCUT2D eigenvalue weighted by molar-refractivity contribution is -0.146. The highest BCUT2D eigenvalue weighted by molar-refractivity contribution is 5.89. The van der Waals surface area contributed by atoms with E-state index in [0.717, 1.165) is 0 Å². The van der Waals surface area contributed by atoms with Crippen molar-refractivity contribution in [3.8, 4) is 0 Å². The van der Waals surface area contributed by atoms with Crippen LogP contribution in [0.1, 0.15) is 32.4 Å². The summed E-state index contributed by atoms with van der Waals surface area (Å²) in [6.45, 7) is 4.89. The van der Waals surface area contributed by atoms with E-state index in [9.17, 15) is 19.5 Å². The molecule has 0 aliphatic heterocycles. The average Bonchev–Trinajstić information content (AvgIpc) is 2.33. The molecule has 6 nitrogen and oxygen atoms in total. The molecule has 0 bridgehead atoms. The fourth-order valence-electron chi connectivity index (χ4n) is 1.58. The normalized spacial score (nSPS) is 12.3. The minimum atomic E-state index is -1.41. The van der Waals surface area contributed by atoms with E-state index in [1.54, 1.807) is 39.0 Å². The molecule has 0 spiro atoms. The number of carboxylic acid groups (broad SMARTS) is 1. The van der Waals surface area contributed by atoms with E-state index in [1.165, 1.54) is 12.1 Å². The van der Waals surface area contributed by atoms with E-state index in [1.807, 2.05) is 0 Å². The van der Waals surface area contributed by atoms with Gasteiger partial charge in [-0.1, -0.05) is 30.3 Å². The Balaban J connectivity index is 3.08. The van der Waals surface area contributed by atoms with Gasteiger partial charge in [-0.3, -0.25) is 4.79 Å². The molecule has 0 saturated carbocycles. The Morgan fingerprint density at radius 3 is 2.20 bits per heavy atom. The number of nitrogens with zero attached hydrogens (tertiary/aromatic N) is 1. The van der Waals surface area contributed by atoms with Crippen LogP contribution in [0.5, 0.6) is 0 Å². The highest BCUT2D eigenvalue weighted by Crippen LogP contribution is 2.22. The number of hydrogen-bond acceptors (Lipinski definition) is 4. The summed E-state index contributed by atoms with van der Waals surface area (Å²) in [7, 11) is 0. The van der Waals surface area contributed by atoms with Gasteiger partial charge in [-0.2, -0.15) is 0 Å². The standard InChI is InChI=1S/C14H17NO5/c1-14(2,3)20-13(19)15(9-16)11(12(17)18)10-7-5-4-6-8-10/h4-9,11H,1-3H3,(H,17,18)/t11-/m1/s1. The number of imide groups is 1. The molecule has 108 valence electrons. The van der Waals surface area contributed by atoms with Gasteiger partial charge in [-0.15, -0.1) is 0 Å². The van der Waals surface area contributed by atoms with Crippen LogP contribution in [0.25, 0.3) is 0 Å². The Bertz CT molecular complexity index is 492. The van der Waals surface area contributed by atoms with E-state index in [0.29, 0.717) is 10.5 Å². The third-order valence-corrected chi connectivity index (χ3v) is 2.35. The second-order valence-electron chi connectivity index (χ2n) is 5.14. The van der Waals surface area contributed by atoms with Crippen molar-refractivity contribution in [2.45, 2.75) is 32.4 Å². The van der Waals surface area contributed by atoms with Gasteiger partial charge in [-0.05, 0) is 26.3 Å². The third-order valence-electron chi connectivity index (χ3n) is 2.35. The van der Waals surface area contributed by atoms with Gasteiger partial charge in [-0.25, -0.2) is 14.5 Å². The summed E-state index contributed by atoms with van der Waals surface area (Å²) in [6, 6.07) is 6.61. The first-order valence-electron chi connectivity index (χ1n) is 6.00. The molecule has 1 aromatic rings. The molecule has 1 rings (SSSR count). The van der Waals surface area contributed by atoms with Gasteiger partial charge in [0.1, 0.15) is 5.60 Å². The van der Waals surface area contributed by atoms with Crippen molar-refractivity contribution in [1.29, 1.82) is 0 Å². The van der Waals surface area contributed by atoms with Crippen LogP contribution >= 0.6 is 0 Å². The van der Waals surface area contributed by atoms with Crippen LogP contribution in [0.2, 0.25) is 0 Å². The van der Waals surface area contributed by atoms with E-state index in [4.69, 9.17) is 4.74 Å². The summed E-state index contributed by atoms with van der Waals surface area (Å²) in [5.74, 6) is -1.31. The number of carboxylic acids is 1. The van der Waals surface area contributed by atoms with Crippen LogP contribution in [0, 0.1) is 0 Å². The molecule has 0 radical (unpaired) electrons. The zero-order valence-electron chi connectivity index (χ0n) is 11.6. The zero-order valence-corrected chi connectivity index (χ0v) is 11.6. The van der Waals surface area contributed by atoms with Gasteiger partial charge in [0.15, 0.2) is 6.04 Å². The Labute approximate surface area is 117 Å². The molecule has 0 saturated heterocycles. The number of amides is 2. The number of ether oxygens (including phenoxy) is 1. The quantitative estimate of drug-likeness (QED) is 0.854. The van der Waals surface area contributed by atoms with Crippen LogP contribution in [-0.4, -0.2) is 34.1 Å². The molecular formula is C14H17NO5. The number of rotatable bonds is 4. The van der Waals surface area contributed by atoms with Crippen molar-refractivity contribution in [2.75, 3.05) is 0 Å². The molecule has 0 unspecified atom stereocenters. The monoisotopic (exact) mass is 279 g/mol. The fourth-order valence-corrected chi connectivity index (χ4v) is 1.58. The van der Waals surface area contributed by atoms with Gasteiger partial charge in [0.25, 0.3) is 0 Å².